The van der Waals surface area contributed by atoms with Gasteiger partial charge >= 0.3 is 6.09 Å². The van der Waals surface area contributed by atoms with Gasteiger partial charge in [-0.3, -0.25) is 0 Å². The molecule has 0 heterocycles. The summed E-state index contributed by atoms with van der Waals surface area (Å²) in [6, 6.07) is 0. The molecule has 1 aliphatic carbocycles. The van der Waals surface area contributed by atoms with E-state index >= 15 is 0 Å². The molecular formula is C21H40N2O3. The van der Waals surface area contributed by atoms with Gasteiger partial charge in [0.05, 0.1) is 19.8 Å². The maximum absolute atomic E-state index is 11.9. The number of allylic oxidation sites excluding steroid dienone is 1. The van der Waals surface area contributed by atoms with E-state index in [0.717, 1.165) is 12.3 Å². The Hall–Kier alpha value is -1.07. The van der Waals surface area contributed by atoms with Crippen LogP contribution in [0, 0.1) is 29.6 Å². The lowest BCUT2D eigenvalue weighted by molar-refractivity contribution is 0.0799. The van der Waals surface area contributed by atoms with Crippen molar-refractivity contribution in [3.63, 3.8) is 0 Å². The Kier molecular flexibility index (Phi) is 11.6. The Balaban J connectivity index is 2.17. The highest BCUT2D eigenvalue weighted by molar-refractivity contribution is 5.67. The number of amides is 1. The molecule has 0 bridgehead atoms. The standard InChI is InChI=1S/C21H40N2O3/c1-5-7-9-18-19(10-8-6-2)20(18)15-26-21(24)23-12-17(4)14-25-13-16(3)11-22/h5,16-20H,1,6-15,22H2,2-4H3,(H,23,24)/t16?,17?,18-,19+,20-/m1/s1. The van der Waals surface area contributed by atoms with E-state index in [1.54, 1.807) is 0 Å². The van der Waals surface area contributed by atoms with Gasteiger partial charge in [-0.15, -0.1) is 6.58 Å². The Bertz CT molecular complexity index is 403. The van der Waals surface area contributed by atoms with Crippen molar-refractivity contribution < 1.29 is 14.3 Å². The molecule has 1 saturated carbocycles. The second-order valence-electron chi connectivity index (χ2n) is 7.96. The summed E-state index contributed by atoms with van der Waals surface area (Å²) in [4.78, 5) is 11.9. The summed E-state index contributed by atoms with van der Waals surface area (Å²) in [5.41, 5.74) is 5.56. The van der Waals surface area contributed by atoms with Crippen LogP contribution in [0.5, 0.6) is 0 Å². The van der Waals surface area contributed by atoms with Crippen molar-refractivity contribution in [2.75, 3.05) is 32.9 Å². The lowest BCUT2D eigenvalue weighted by atomic mass is 10.1. The van der Waals surface area contributed by atoms with Crippen molar-refractivity contribution in [1.82, 2.24) is 5.32 Å². The van der Waals surface area contributed by atoms with E-state index < -0.39 is 0 Å². The highest BCUT2D eigenvalue weighted by Gasteiger charge is 2.48. The normalized spacial score (nSPS) is 23.9. The van der Waals surface area contributed by atoms with Crippen molar-refractivity contribution >= 4 is 6.09 Å². The fourth-order valence-corrected chi connectivity index (χ4v) is 3.46. The van der Waals surface area contributed by atoms with Gasteiger partial charge in [0.1, 0.15) is 0 Å². The highest BCUT2D eigenvalue weighted by Crippen LogP contribution is 2.52. The zero-order chi connectivity index (χ0) is 19.4. The maximum Gasteiger partial charge on any atom is 0.407 e. The van der Waals surface area contributed by atoms with E-state index in [1.165, 1.54) is 25.7 Å². The fraction of sp³-hybridized carbons (Fsp3) is 0.857. The number of alkyl carbamates (subject to hydrolysis) is 1. The molecule has 5 atom stereocenters. The maximum atomic E-state index is 11.9. The number of nitrogens with one attached hydrogen (secondary N) is 1. The molecule has 26 heavy (non-hydrogen) atoms. The van der Waals surface area contributed by atoms with Crippen LogP contribution in [0.3, 0.4) is 0 Å². The predicted molar refractivity (Wildman–Crippen MR) is 107 cm³/mol. The Morgan fingerprint density at radius 3 is 2.54 bits per heavy atom. The lowest BCUT2D eigenvalue weighted by Gasteiger charge is -2.15. The molecule has 0 aliphatic heterocycles. The van der Waals surface area contributed by atoms with Gasteiger partial charge in [0, 0.05) is 6.54 Å². The van der Waals surface area contributed by atoms with Crippen molar-refractivity contribution in [3.8, 4) is 0 Å². The largest absolute Gasteiger partial charge is 0.449 e. The fourth-order valence-electron chi connectivity index (χ4n) is 3.46. The molecule has 1 rings (SSSR count). The molecule has 0 spiro atoms. The van der Waals surface area contributed by atoms with Crippen LogP contribution in [0.15, 0.2) is 12.7 Å². The predicted octanol–water partition coefficient (Wildman–Crippen LogP) is 3.98. The van der Waals surface area contributed by atoms with Crippen molar-refractivity contribution in [2.45, 2.75) is 52.9 Å². The smallest absolute Gasteiger partial charge is 0.407 e. The molecule has 1 fully saturated rings. The van der Waals surface area contributed by atoms with E-state index in [2.05, 4.69) is 32.7 Å². The van der Waals surface area contributed by atoms with Gasteiger partial charge in [-0.1, -0.05) is 39.7 Å². The van der Waals surface area contributed by atoms with Gasteiger partial charge in [-0.25, -0.2) is 4.79 Å². The summed E-state index contributed by atoms with van der Waals surface area (Å²) in [6.45, 7) is 13.2. The van der Waals surface area contributed by atoms with Gasteiger partial charge < -0.3 is 20.5 Å². The molecule has 3 N–H and O–H groups in total. The Morgan fingerprint density at radius 2 is 1.88 bits per heavy atom. The number of unbranched alkanes of at least 4 members (excludes halogenated alkanes) is 1. The van der Waals surface area contributed by atoms with Crippen molar-refractivity contribution in [2.24, 2.45) is 35.3 Å². The quantitative estimate of drug-likeness (QED) is 0.429. The topological polar surface area (TPSA) is 73.6 Å². The number of carbonyl (C=O) groups is 1. The average molecular weight is 369 g/mol. The van der Waals surface area contributed by atoms with Crippen molar-refractivity contribution in [3.05, 3.63) is 12.7 Å². The van der Waals surface area contributed by atoms with Crippen LogP contribution in [0.4, 0.5) is 4.79 Å². The number of hydrogen-bond donors (Lipinski definition) is 2. The molecule has 0 aromatic carbocycles. The minimum Gasteiger partial charge on any atom is -0.449 e. The molecule has 0 saturated heterocycles. The zero-order valence-electron chi connectivity index (χ0n) is 17.0. The number of ether oxygens (including phenoxy) is 2. The van der Waals surface area contributed by atoms with E-state index in [0.29, 0.717) is 50.7 Å². The van der Waals surface area contributed by atoms with Gasteiger partial charge in [0.25, 0.3) is 0 Å². The summed E-state index contributed by atoms with van der Waals surface area (Å²) in [5.74, 6) is 2.58. The molecule has 0 aromatic rings. The molecule has 5 nitrogen and oxygen atoms in total. The second kappa shape index (κ2) is 13.2. The number of carbonyl (C=O) groups excluding carboxylic acids is 1. The molecule has 2 unspecified atom stereocenters. The first kappa shape index (κ1) is 23.0. The molecule has 5 heteroatoms. The van der Waals surface area contributed by atoms with Gasteiger partial charge in [-0.05, 0) is 55.4 Å². The summed E-state index contributed by atoms with van der Waals surface area (Å²) in [7, 11) is 0. The van der Waals surface area contributed by atoms with Crippen LogP contribution in [0.2, 0.25) is 0 Å². The molecule has 1 amide bonds. The summed E-state index contributed by atoms with van der Waals surface area (Å²) in [5, 5.41) is 2.85. The Labute approximate surface area is 160 Å². The summed E-state index contributed by atoms with van der Waals surface area (Å²) < 4.78 is 11.1. The third kappa shape index (κ3) is 9.04. The summed E-state index contributed by atoms with van der Waals surface area (Å²) in [6.07, 6.45) is 7.64. The molecular weight excluding hydrogens is 328 g/mol. The van der Waals surface area contributed by atoms with Crippen LogP contribution in [-0.2, 0) is 9.47 Å². The number of nitrogens with two attached hydrogens (primary N) is 1. The molecule has 0 radical (unpaired) electrons. The van der Waals surface area contributed by atoms with E-state index in [9.17, 15) is 4.79 Å². The van der Waals surface area contributed by atoms with E-state index in [1.807, 2.05) is 6.08 Å². The van der Waals surface area contributed by atoms with Crippen LogP contribution < -0.4 is 11.1 Å². The first-order valence-electron chi connectivity index (χ1n) is 10.3. The monoisotopic (exact) mass is 368 g/mol. The van der Waals surface area contributed by atoms with Gasteiger partial charge in [0.2, 0.25) is 0 Å². The third-order valence-corrected chi connectivity index (χ3v) is 5.31. The molecule has 152 valence electrons. The van der Waals surface area contributed by atoms with Crippen LogP contribution in [0.25, 0.3) is 0 Å². The molecule has 1 aliphatic rings. The first-order valence-corrected chi connectivity index (χ1v) is 10.3. The minimum atomic E-state index is -0.309. The second-order valence-corrected chi connectivity index (χ2v) is 7.96. The van der Waals surface area contributed by atoms with Crippen LogP contribution in [-0.4, -0.2) is 39.0 Å². The minimum absolute atomic E-state index is 0.256. The Morgan fingerprint density at radius 1 is 1.19 bits per heavy atom. The SMILES string of the molecule is C=CCC[C@@H]1[C@H](CCCC)[C@@H]1COC(=O)NCC(C)COCC(C)CN. The van der Waals surface area contributed by atoms with Crippen LogP contribution >= 0.6 is 0 Å². The van der Waals surface area contributed by atoms with E-state index in [-0.39, 0.29) is 12.0 Å². The number of rotatable bonds is 15. The van der Waals surface area contributed by atoms with Gasteiger partial charge in [0.15, 0.2) is 0 Å². The highest BCUT2D eigenvalue weighted by atomic mass is 16.5. The average Bonchev–Trinajstić information content (AvgIpc) is 3.32. The van der Waals surface area contributed by atoms with Gasteiger partial charge in [-0.2, -0.15) is 0 Å². The zero-order valence-corrected chi connectivity index (χ0v) is 17.0. The third-order valence-electron chi connectivity index (χ3n) is 5.31. The lowest BCUT2D eigenvalue weighted by Crippen LogP contribution is -2.31. The number of hydrogen-bond acceptors (Lipinski definition) is 4. The first-order chi connectivity index (χ1) is 12.5. The van der Waals surface area contributed by atoms with Crippen molar-refractivity contribution in [1.29, 1.82) is 0 Å². The van der Waals surface area contributed by atoms with Crippen LogP contribution in [0.1, 0.15) is 52.9 Å². The summed E-state index contributed by atoms with van der Waals surface area (Å²) >= 11 is 0. The molecule has 0 aromatic heterocycles. The van der Waals surface area contributed by atoms with E-state index in [4.69, 9.17) is 15.2 Å².